The van der Waals surface area contributed by atoms with Crippen molar-refractivity contribution in [2.24, 2.45) is 5.92 Å². The van der Waals surface area contributed by atoms with Gasteiger partial charge in [-0.15, -0.1) is 0 Å². The van der Waals surface area contributed by atoms with E-state index in [2.05, 4.69) is 5.32 Å². The van der Waals surface area contributed by atoms with Crippen LogP contribution in [0.3, 0.4) is 0 Å². The molecule has 0 atom stereocenters. The lowest BCUT2D eigenvalue weighted by atomic mass is 10.2. The van der Waals surface area contributed by atoms with Gasteiger partial charge in [-0.25, -0.2) is 4.39 Å². The van der Waals surface area contributed by atoms with E-state index in [0.717, 1.165) is 18.9 Å². The molecule has 1 saturated carbocycles. The number of hydrogen-bond donors (Lipinski definition) is 1. The molecular weight excluding hydrogens is 360 g/mol. The van der Waals surface area contributed by atoms with Gasteiger partial charge in [0.15, 0.2) is 0 Å². The largest absolute Gasteiger partial charge is 0.381 e. The zero-order valence-corrected chi connectivity index (χ0v) is 12.8. The van der Waals surface area contributed by atoms with Crippen molar-refractivity contribution < 1.29 is 13.9 Å². The van der Waals surface area contributed by atoms with E-state index < -0.39 is 0 Å². The van der Waals surface area contributed by atoms with Gasteiger partial charge in [0.25, 0.3) is 5.91 Å². The maximum Gasteiger partial charge on any atom is 0.252 e. The fraction of sp³-hybridized carbons (Fsp3) is 0.500. The van der Waals surface area contributed by atoms with Crippen LogP contribution in [0.5, 0.6) is 0 Å². The Morgan fingerprint density at radius 1 is 1.47 bits per heavy atom. The molecule has 0 unspecified atom stereocenters. The van der Waals surface area contributed by atoms with Gasteiger partial charge in [-0.2, -0.15) is 0 Å². The molecule has 0 aliphatic heterocycles. The van der Waals surface area contributed by atoms with Crippen molar-refractivity contribution in [3.8, 4) is 0 Å². The normalized spacial score (nSPS) is 14.4. The molecule has 0 aromatic heterocycles. The van der Waals surface area contributed by atoms with E-state index in [1.54, 1.807) is 0 Å². The molecule has 0 saturated heterocycles. The van der Waals surface area contributed by atoms with E-state index in [-0.39, 0.29) is 11.7 Å². The Morgan fingerprint density at radius 3 is 2.95 bits per heavy atom. The van der Waals surface area contributed by atoms with Crippen LogP contribution in [0.15, 0.2) is 18.2 Å². The third-order valence-corrected chi connectivity index (χ3v) is 3.87. The van der Waals surface area contributed by atoms with Gasteiger partial charge >= 0.3 is 0 Å². The van der Waals surface area contributed by atoms with Crippen LogP contribution in [0.4, 0.5) is 4.39 Å². The molecule has 2 rings (SSSR count). The number of halogens is 2. The quantitative estimate of drug-likeness (QED) is 0.586. The molecule has 1 amide bonds. The second-order valence-electron chi connectivity index (χ2n) is 4.75. The summed E-state index contributed by atoms with van der Waals surface area (Å²) in [6, 6.07) is 4.17. The molecule has 3 nitrogen and oxygen atoms in total. The van der Waals surface area contributed by atoms with Crippen LogP contribution in [-0.4, -0.2) is 25.7 Å². The Labute approximate surface area is 126 Å². The smallest absolute Gasteiger partial charge is 0.252 e. The molecule has 0 bridgehead atoms. The summed E-state index contributed by atoms with van der Waals surface area (Å²) in [5, 5.41) is 2.82. The first-order valence-corrected chi connectivity index (χ1v) is 7.55. The Balaban J connectivity index is 1.65. The molecule has 1 fully saturated rings. The van der Waals surface area contributed by atoms with E-state index >= 15 is 0 Å². The van der Waals surface area contributed by atoms with Crippen LogP contribution in [0.2, 0.25) is 0 Å². The first-order chi connectivity index (χ1) is 9.16. The molecule has 1 aromatic rings. The van der Waals surface area contributed by atoms with Crippen LogP contribution in [-0.2, 0) is 4.74 Å². The molecule has 1 aliphatic carbocycles. The number of hydrogen-bond acceptors (Lipinski definition) is 2. The van der Waals surface area contributed by atoms with Crippen molar-refractivity contribution in [2.75, 3.05) is 19.8 Å². The summed E-state index contributed by atoms with van der Waals surface area (Å²) in [5.74, 6) is 0.288. The van der Waals surface area contributed by atoms with E-state index in [1.165, 1.54) is 31.0 Å². The molecule has 0 heterocycles. The van der Waals surface area contributed by atoms with E-state index in [9.17, 15) is 9.18 Å². The van der Waals surface area contributed by atoms with E-state index in [0.29, 0.717) is 22.3 Å². The summed E-state index contributed by atoms with van der Waals surface area (Å²) in [6.07, 6.45) is 3.38. The summed E-state index contributed by atoms with van der Waals surface area (Å²) in [5.41, 5.74) is 0.515. The Hall–Kier alpha value is -0.690. The highest BCUT2D eigenvalue weighted by atomic mass is 127. The van der Waals surface area contributed by atoms with Crippen molar-refractivity contribution in [1.29, 1.82) is 0 Å². The van der Waals surface area contributed by atoms with Crippen molar-refractivity contribution in [3.05, 3.63) is 33.1 Å². The number of benzene rings is 1. The van der Waals surface area contributed by atoms with Crippen LogP contribution >= 0.6 is 22.6 Å². The average molecular weight is 377 g/mol. The number of ether oxygens (including phenoxy) is 1. The van der Waals surface area contributed by atoms with Gasteiger partial charge in [-0.3, -0.25) is 4.79 Å². The predicted molar refractivity (Wildman–Crippen MR) is 79.6 cm³/mol. The summed E-state index contributed by atoms with van der Waals surface area (Å²) in [4.78, 5) is 11.8. The molecule has 1 N–H and O–H groups in total. The molecule has 104 valence electrons. The Morgan fingerprint density at radius 2 is 2.26 bits per heavy atom. The summed E-state index contributed by atoms with van der Waals surface area (Å²) in [6.45, 7) is 2.11. The maximum absolute atomic E-state index is 12.9. The fourth-order valence-electron chi connectivity index (χ4n) is 1.68. The second kappa shape index (κ2) is 7.19. The van der Waals surface area contributed by atoms with E-state index in [1.807, 2.05) is 22.6 Å². The summed E-state index contributed by atoms with van der Waals surface area (Å²) in [7, 11) is 0. The van der Waals surface area contributed by atoms with Crippen LogP contribution < -0.4 is 5.32 Å². The Bertz CT molecular complexity index is 449. The molecule has 0 radical (unpaired) electrons. The number of carbonyl (C=O) groups excluding carboxylic acids is 1. The number of rotatable bonds is 7. The highest BCUT2D eigenvalue weighted by molar-refractivity contribution is 14.1. The van der Waals surface area contributed by atoms with Crippen molar-refractivity contribution in [1.82, 2.24) is 5.32 Å². The lowest BCUT2D eigenvalue weighted by Gasteiger charge is -2.07. The minimum atomic E-state index is -0.325. The minimum absolute atomic E-state index is 0.161. The molecule has 5 heteroatoms. The topological polar surface area (TPSA) is 38.3 Å². The monoisotopic (exact) mass is 377 g/mol. The average Bonchev–Trinajstić information content (AvgIpc) is 3.17. The first-order valence-electron chi connectivity index (χ1n) is 6.48. The van der Waals surface area contributed by atoms with Gasteiger partial charge in [0.05, 0.1) is 5.56 Å². The van der Waals surface area contributed by atoms with Crippen LogP contribution in [0, 0.1) is 15.3 Å². The summed E-state index contributed by atoms with van der Waals surface area (Å²) >= 11 is 1.96. The maximum atomic E-state index is 12.9. The number of carbonyl (C=O) groups is 1. The zero-order chi connectivity index (χ0) is 13.7. The van der Waals surface area contributed by atoms with Crippen molar-refractivity contribution >= 4 is 28.5 Å². The Kier molecular flexibility index (Phi) is 5.57. The predicted octanol–water partition coefficient (Wildman–Crippen LogP) is 2.98. The van der Waals surface area contributed by atoms with Crippen LogP contribution in [0.25, 0.3) is 0 Å². The summed E-state index contributed by atoms with van der Waals surface area (Å²) < 4.78 is 19.0. The highest BCUT2D eigenvalue weighted by Crippen LogP contribution is 2.28. The first kappa shape index (κ1) is 14.7. The highest BCUT2D eigenvalue weighted by Gasteiger charge is 2.20. The molecule has 19 heavy (non-hydrogen) atoms. The molecule has 1 aliphatic rings. The molecule has 0 spiro atoms. The van der Waals surface area contributed by atoms with Gasteiger partial charge in [0, 0.05) is 23.3 Å². The second-order valence-corrected chi connectivity index (χ2v) is 5.91. The lowest BCUT2D eigenvalue weighted by Crippen LogP contribution is -2.26. The van der Waals surface area contributed by atoms with Gasteiger partial charge in [0.1, 0.15) is 5.82 Å². The van der Waals surface area contributed by atoms with Gasteiger partial charge < -0.3 is 10.1 Å². The third kappa shape index (κ3) is 5.06. The van der Waals surface area contributed by atoms with Crippen LogP contribution in [0.1, 0.15) is 29.6 Å². The molecular formula is C14H17FINO2. The standard InChI is InChI=1S/C14H17FINO2/c15-11-4-5-12(13(16)8-11)14(18)17-6-1-7-19-9-10-2-3-10/h4-5,8,10H,1-3,6-7,9H2,(H,17,18). The number of nitrogens with one attached hydrogen (secondary N) is 1. The third-order valence-electron chi connectivity index (χ3n) is 2.98. The van der Waals surface area contributed by atoms with Crippen molar-refractivity contribution in [2.45, 2.75) is 19.3 Å². The SMILES string of the molecule is O=C(NCCCOCC1CC1)c1ccc(F)cc1I. The van der Waals surface area contributed by atoms with Gasteiger partial charge in [-0.1, -0.05) is 0 Å². The zero-order valence-electron chi connectivity index (χ0n) is 10.6. The van der Waals surface area contributed by atoms with Crippen molar-refractivity contribution in [3.63, 3.8) is 0 Å². The van der Waals surface area contributed by atoms with Gasteiger partial charge in [-0.05, 0) is 66.0 Å². The lowest BCUT2D eigenvalue weighted by molar-refractivity contribution is 0.0936. The fourth-order valence-corrected chi connectivity index (χ4v) is 2.40. The number of amides is 1. The minimum Gasteiger partial charge on any atom is -0.381 e. The van der Waals surface area contributed by atoms with Gasteiger partial charge in [0.2, 0.25) is 0 Å². The van der Waals surface area contributed by atoms with E-state index in [4.69, 9.17) is 4.74 Å². The molecule has 1 aromatic carbocycles.